The number of aryl methyl sites for hydroxylation is 1. The van der Waals surface area contributed by atoms with Gasteiger partial charge in [-0.15, -0.1) is 0 Å². The third-order valence-electron chi connectivity index (χ3n) is 6.54. The van der Waals surface area contributed by atoms with Crippen molar-refractivity contribution in [2.75, 3.05) is 24.1 Å². The molecule has 0 spiro atoms. The number of amides is 1. The number of aliphatic hydroxyl groups excluding tert-OH is 1. The number of nitrogens with one attached hydrogen (secondary N) is 3. The standard InChI is InChI=1S/C30H42N4O6S/c1-4-6-7-10-16-39-28-15-9-8-14-24(28)18-25(27(35)20-31-19-23-13-11-12-22(5-2)17-23)32-29(36)26-21-40-30(33-26)34-41(3,37)38/h8-9,11-15,17,21,25,27,31,35H,4-7,10,16,18-20H2,1-3H3,(H,32,36)(H,33,34)/t25-,27-/m0/s1. The Morgan fingerprint density at radius 3 is 2.61 bits per heavy atom. The number of para-hydroxylation sites is 1. The van der Waals surface area contributed by atoms with Crippen molar-refractivity contribution in [3.8, 4) is 5.75 Å². The number of aliphatic hydroxyl groups is 1. The summed E-state index contributed by atoms with van der Waals surface area (Å²) in [5.74, 6) is 0.105. The summed E-state index contributed by atoms with van der Waals surface area (Å²) in [6.45, 7) is 5.64. The van der Waals surface area contributed by atoms with E-state index in [1.165, 1.54) is 5.56 Å². The fourth-order valence-electron chi connectivity index (χ4n) is 4.34. The molecule has 2 aromatic carbocycles. The van der Waals surface area contributed by atoms with Gasteiger partial charge in [-0.3, -0.25) is 4.79 Å². The Labute approximate surface area is 243 Å². The number of hydrogen-bond donors (Lipinski definition) is 4. The van der Waals surface area contributed by atoms with Crippen molar-refractivity contribution in [2.45, 2.75) is 71.1 Å². The van der Waals surface area contributed by atoms with Crippen LogP contribution in [-0.4, -0.2) is 56.0 Å². The minimum absolute atomic E-state index is 0.113. The second-order valence-electron chi connectivity index (χ2n) is 10.1. The van der Waals surface area contributed by atoms with Gasteiger partial charge in [0.1, 0.15) is 12.0 Å². The van der Waals surface area contributed by atoms with E-state index in [1.54, 1.807) is 0 Å². The third kappa shape index (κ3) is 11.2. The first-order chi connectivity index (χ1) is 19.7. The first kappa shape index (κ1) is 32.1. The largest absolute Gasteiger partial charge is 0.493 e. The van der Waals surface area contributed by atoms with Gasteiger partial charge < -0.3 is 24.9 Å². The molecule has 11 heteroatoms. The highest BCUT2D eigenvalue weighted by molar-refractivity contribution is 7.91. The number of aromatic nitrogens is 1. The summed E-state index contributed by atoms with van der Waals surface area (Å²) in [4.78, 5) is 17.0. The van der Waals surface area contributed by atoms with Crippen molar-refractivity contribution >= 4 is 21.9 Å². The van der Waals surface area contributed by atoms with Gasteiger partial charge in [-0.2, -0.15) is 4.98 Å². The molecular weight excluding hydrogens is 544 g/mol. The lowest BCUT2D eigenvalue weighted by Crippen LogP contribution is -2.48. The van der Waals surface area contributed by atoms with Crippen LogP contribution in [0.2, 0.25) is 0 Å². The lowest BCUT2D eigenvalue weighted by Gasteiger charge is -2.25. The molecule has 0 fully saturated rings. The van der Waals surface area contributed by atoms with Crippen LogP contribution in [0.15, 0.2) is 59.2 Å². The number of ether oxygens (including phenoxy) is 1. The summed E-state index contributed by atoms with van der Waals surface area (Å²) in [5, 5.41) is 17.4. The summed E-state index contributed by atoms with van der Waals surface area (Å²) in [6, 6.07) is 14.8. The maximum absolute atomic E-state index is 13.1. The number of unbranched alkanes of at least 4 members (excludes halogenated alkanes) is 3. The topological polar surface area (TPSA) is 143 Å². The van der Waals surface area contributed by atoms with Crippen molar-refractivity contribution in [3.63, 3.8) is 0 Å². The smallest absolute Gasteiger partial charge is 0.309 e. The number of nitrogens with zero attached hydrogens (tertiary/aromatic N) is 1. The molecule has 0 radical (unpaired) electrons. The van der Waals surface area contributed by atoms with Gasteiger partial charge in [0.15, 0.2) is 5.69 Å². The van der Waals surface area contributed by atoms with Gasteiger partial charge in [-0.1, -0.05) is 75.6 Å². The van der Waals surface area contributed by atoms with E-state index in [0.717, 1.165) is 55.7 Å². The van der Waals surface area contributed by atoms with Gasteiger partial charge in [0.05, 0.1) is 25.0 Å². The van der Waals surface area contributed by atoms with Crippen LogP contribution in [0.3, 0.4) is 0 Å². The molecule has 224 valence electrons. The lowest BCUT2D eigenvalue weighted by atomic mass is 9.99. The van der Waals surface area contributed by atoms with Gasteiger partial charge in [-0.25, -0.2) is 13.1 Å². The number of benzene rings is 2. The van der Waals surface area contributed by atoms with Crippen LogP contribution >= 0.6 is 0 Å². The molecule has 2 atom stereocenters. The molecule has 4 N–H and O–H groups in total. The first-order valence-corrected chi connectivity index (χ1v) is 16.0. The predicted octanol–water partition coefficient (Wildman–Crippen LogP) is 4.06. The maximum Gasteiger partial charge on any atom is 0.309 e. The summed E-state index contributed by atoms with van der Waals surface area (Å²) in [6.07, 6.45) is 6.66. The monoisotopic (exact) mass is 586 g/mol. The molecule has 0 saturated heterocycles. The van der Waals surface area contributed by atoms with Crippen LogP contribution in [0.4, 0.5) is 6.01 Å². The van der Waals surface area contributed by atoms with Crippen LogP contribution in [-0.2, 0) is 29.4 Å². The first-order valence-electron chi connectivity index (χ1n) is 14.1. The maximum atomic E-state index is 13.1. The molecule has 0 aliphatic heterocycles. The van der Waals surface area contributed by atoms with E-state index in [-0.39, 0.29) is 18.3 Å². The van der Waals surface area contributed by atoms with Crippen LogP contribution in [0.1, 0.15) is 66.7 Å². The van der Waals surface area contributed by atoms with E-state index < -0.39 is 28.1 Å². The summed E-state index contributed by atoms with van der Waals surface area (Å²) < 4.78 is 36.2. The average Bonchev–Trinajstić information content (AvgIpc) is 3.40. The molecule has 3 rings (SSSR count). The number of anilines is 1. The Hall–Kier alpha value is -3.41. The average molecular weight is 587 g/mol. The number of rotatable bonds is 18. The van der Waals surface area contributed by atoms with Crippen molar-refractivity contribution in [1.82, 2.24) is 15.6 Å². The molecule has 3 aromatic rings. The quantitative estimate of drug-likeness (QED) is 0.164. The van der Waals surface area contributed by atoms with Crippen molar-refractivity contribution < 1.29 is 27.5 Å². The Kier molecular flexibility index (Phi) is 12.6. The van der Waals surface area contributed by atoms with Gasteiger partial charge in [-0.05, 0) is 42.0 Å². The Balaban J connectivity index is 1.72. The van der Waals surface area contributed by atoms with Crippen molar-refractivity contribution in [1.29, 1.82) is 0 Å². The van der Waals surface area contributed by atoms with Crippen LogP contribution in [0.5, 0.6) is 5.75 Å². The number of carbonyl (C=O) groups is 1. The van der Waals surface area contributed by atoms with Crippen LogP contribution in [0, 0.1) is 0 Å². The molecule has 0 aliphatic rings. The minimum Gasteiger partial charge on any atom is -0.493 e. The highest BCUT2D eigenvalue weighted by Gasteiger charge is 2.25. The molecule has 1 amide bonds. The molecule has 1 aromatic heterocycles. The molecule has 0 saturated carbocycles. The molecule has 0 bridgehead atoms. The molecule has 1 heterocycles. The molecule has 10 nitrogen and oxygen atoms in total. The van der Waals surface area contributed by atoms with Gasteiger partial charge in [0.25, 0.3) is 5.91 Å². The van der Waals surface area contributed by atoms with Crippen molar-refractivity contribution in [2.24, 2.45) is 0 Å². The second kappa shape index (κ2) is 16.1. The molecular formula is C30H42N4O6S. The molecule has 41 heavy (non-hydrogen) atoms. The third-order valence-corrected chi connectivity index (χ3v) is 7.09. The minimum atomic E-state index is -3.62. The van der Waals surface area contributed by atoms with E-state index in [9.17, 15) is 18.3 Å². The fourth-order valence-corrected chi connectivity index (χ4v) is 4.75. The Morgan fingerprint density at radius 1 is 1.07 bits per heavy atom. The van der Waals surface area contributed by atoms with Crippen LogP contribution < -0.4 is 20.1 Å². The summed E-state index contributed by atoms with van der Waals surface area (Å²) in [5.41, 5.74) is 3.08. The molecule has 0 aliphatic carbocycles. The number of carbonyl (C=O) groups excluding carboxylic acids is 1. The second-order valence-corrected chi connectivity index (χ2v) is 11.8. The van der Waals surface area contributed by atoms with Crippen LogP contribution in [0.25, 0.3) is 0 Å². The van der Waals surface area contributed by atoms with Gasteiger partial charge >= 0.3 is 6.01 Å². The summed E-state index contributed by atoms with van der Waals surface area (Å²) >= 11 is 0. The zero-order valence-corrected chi connectivity index (χ0v) is 24.9. The predicted molar refractivity (Wildman–Crippen MR) is 160 cm³/mol. The number of oxazole rings is 1. The zero-order valence-electron chi connectivity index (χ0n) is 24.1. The Morgan fingerprint density at radius 2 is 1.85 bits per heavy atom. The van der Waals surface area contributed by atoms with E-state index in [4.69, 9.17) is 9.15 Å². The van der Waals surface area contributed by atoms with Gasteiger partial charge in [0, 0.05) is 13.1 Å². The number of sulfonamides is 1. The highest BCUT2D eigenvalue weighted by Crippen LogP contribution is 2.22. The van der Waals surface area contributed by atoms with Crippen molar-refractivity contribution in [3.05, 3.63) is 77.2 Å². The van der Waals surface area contributed by atoms with E-state index >= 15 is 0 Å². The van der Waals surface area contributed by atoms with Gasteiger partial charge in [0.2, 0.25) is 10.0 Å². The fraction of sp³-hybridized carbons (Fsp3) is 0.467. The van der Waals surface area contributed by atoms with E-state index in [1.807, 2.05) is 36.4 Å². The zero-order chi connectivity index (χ0) is 29.7. The highest BCUT2D eigenvalue weighted by atomic mass is 32.2. The number of hydrogen-bond acceptors (Lipinski definition) is 8. The SMILES string of the molecule is CCCCCCOc1ccccc1C[C@H](NC(=O)c1coc(NS(C)(=O)=O)n1)[C@@H](O)CNCc1cccc(CC)c1. The lowest BCUT2D eigenvalue weighted by molar-refractivity contribution is 0.0824. The van der Waals surface area contributed by atoms with E-state index in [2.05, 4.69) is 46.3 Å². The Bertz CT molecular complexity index is 1340. The van der Waals surface area contributed by atoms with E-state index in [0.29, 0.717) is 25.3 Å². The normalized spacial score (nSPS) is 13.0. The summed E-state index contributed by atoms with van der Waals surface area (Å²) in [7, 11) is -3.62. The molecule has 0 unspecified atom stereocenters.